The number of pyridine rings is 1. The number of ether oxygens (including phenoxy) is 1. The zero-order valence-electron chi connectivity index (χ0n) is 11.5. The Hall–Kier alpha value is -1.46. The third-order valence-electron chi connectivity index (χ3n) is 2.49. The second kappa shape index (κ2) is 7.97. The van der Waals surface area contributed by atoms with Gasteiger partial charge >= 0.3 is 0 Å². The first-order valence-electron chi connectivity index (χ1n) is 6.11. The highest BCUT2D eigenvalue weighted by molar-refractivity contribution is 7.89. The van der Waals surface area contributed by atoms with E-state index in [1.165, 1.54) is 29.8 Å². The number of likely N-dealkylation sites (N-methyl/N-ethyl adjacent to an activating group) is 1. The molecule has 110 valence electrons. The van der Waals surface area contributed by atoms with Crippen LogP contribution >= 0.6 is 0 Å². The highest BCUT2D eigenvalue weighted by Gasteiger charge is 2.21. The molecule has 0 fully saturated rings. The van der Waals surface area contributed by atoms with Gasteiger partial charge in [0.2, 0.25) is 10.0 Å². The number of aromatic nitrogens is 1. The minimum Gasteiger partial charge on any atom is -0.384 e. The molecule has 0 unspecified atom stereocenters. The number of rotatable bonds is 6. The topological polar surface area (TPSA) is 79.7 Å². The van der Waals surface area contributed by atoms with E-state index in [4.69, 9.17) is 9.84 Å². The smallest absolute Gasteiger partial charge is 0.244 e. The van der Waals surface area contributed by atoms with Crippen molar-refractivity contribution >= 4 is 10.0 Å². The molecule has 1 rings (SSSR count). The molecule has 0 aliphatic rings. The van der Waals surface area contributed by atoms with Gasteiger partial charge in [-0.2, -0.15) is 4.31 Å². The number of hydrogen-bond acceptors (Lipinski definition) is 5. The molecule has 0 saturated heterocycles. The van der Waals surface area contributed by atoms with E-state index in [2.05, 4.69) is 16.8 Å². The lowest BCUT2D eigenvalue weighted by Gasteiger charge is -2.16. The van der Waals surface area contributed by atoms with Gasteiger partial charge < -0.3 is 9.84 Å². The van der Waals surface area contributed by atoms with E-state index in [1.807, 2.05) is 6.92 Å². The summed E-state index contributed by atoms with van der Waals surface area (Å²) in [7, 11) is -2.12. The molecule has 1 N–H and O–H groups in total. The summed E-state index contributed by atoms with van der Waals surface area (Å²) in [4.78, 5) is 3.93. The molecule has 0 aliphatic heterocycles. The predicted molar refractivity (Wildman–Crippen MR) is 74.5 cm³/mol. The van der Waals surface area contributed by atoms with E-state index < -0.39 is 10.0 Å². The third kappa shape index (κ3) is 4.58. The maximum atomic E-state index is 12.3. The lowest BCUT2D eigenvalue weighted by molar-refractivity contribution is 0.138. The maximum Gasteiger partial charge on any atom is 0.244 e. The number of sulfonamides is 1. The van der Waals surface area contributed by atoms with E-state index >= 15 is 0 Å². The van der Waals surface area contributed by atoms with Gasteiger partial charge in [0, 0.05) is 38.2 Å². The third-order valence-corrected chi connectivity index (χ3v) is 4.31. The van der Waals surface area contributed by atoms with E-state index in [-0.39, 0.29) is 18.0 Å². The average molecular weight is 298 g/mol. The van der Waals surface area contributed by atoms with Crippen LogP contribution in [0.5, 0.6) is 0 Å². The monoisotopic (exact) mass is 298 g/mol. The summed E-state index contributed by atoms with van der Waals surface area (Å²) in [6.07, 6.45) is 2.72. The van der Waals surface area contributed by atoms with Gasteiger partial charge in [0.05, 0.1) is 6.61 Å². The van der Waals surface area contributed by atoms with E-state index in [9.17, 15) is 8.42 Å². The number of aliphatic hydroxyl groups is 1. The van der Waals surface area contributed by atoms with Crippen molar-refractivity contribution in [3.8, 4) is 11.8 Å². The Balaban J connectivity index is 2.91. The van der Waals surface area contributed by atoms with Gasteiger partial charge in [0.25, 0.3) is 0 Å². The second-order valence-electron chi connectivity index (χ2n) is 3.89. The minimum absolute atomic E-state index is 0.0706. The highest BCUT2D eigenvalue weighted by atomic mass is 32.2. The lowest BCUT2D eigenvalue weighted by atomic mass is 10.3. The highest BCUT2D eigenvalue weighted by Crippen LogP contribution is 2.14. The van der Waals surface area contributed by atoms with Crippen LogP contribution < -0.4 is 0 Å². The van der Waals surface area contributed by atoms with Crippen molar-refractivity contribution in [1.82, 2.24) is 9.29 Å². The van der Waals surface area contributed by atoms with Gasteiger partial charge in [-0.25, -0.2) is 8.42 Å². The fourth-order valence-electron chi connectivity index (χ4n) is 1.41. The first kappa shape index (κ1) is 16.6. The number of nitrogens with zero attached hydrogens (tertiary/aromatic N) is 2. The van der Waals surface area contributed by atoms with Gasteiger partial charge in [-0.3, -0.25) is 4.98 Å². The average Bonchev–Trinajstić information content (AvgIpc) is 2.45. The first-order chi connectivity index (χ1) is 9.52. The van der Waals surface area contributed by atoms with Crippen molar-refractivity contribution in [2.45, 2.75) is 11.8 Å². The number of aliphatic hydroxyl groups excluding tert-OH is 1. The molecule has 0 aliphatic carbocycles. The molecule has 0 saturated carbocycles. The zero-order chi connectivity index (χ0) is 15.0. The van der Waals surface area contributed by atoms with Gasteiger partial charge in [-0.05, 0) is 13.0 Å². The normalized spacial score (nSPS) is 11.2. The quantitative estimate of drug-likeness (QED) is 0.594. The largest absolute Gasteiger partial charge is 0.384 e. The van der Waals surface area contributed by atoms with Crippen molar-refractivity contribution in [2.75, 3.05) is 33.4 Å². The van der Waals surface area contributed by atoms with Crippen LogP contribution in [0.4, 0.5) is 0 Å². The molecule has 0 amide bonds. The molecule has 7 heteroatoms. The Morgan fingerprint density at radius 3 is 2.85 bits per heavy atom. The Morgan fingerprint density at radius 1 is 1.45 bits per heavy atom. The summed E-state index contributed by atoms with van der Waals surface area (Å²) in [5.74, 6) is 5.08. The van der Waals surface area contributed by atoms with Crippen molar-refractivity contribution in [3.63, 3.8) is 0 Å². The molecule has 0 bridgehead atoms. The molecule has 0 aromatic carbocycles. The molecule has 0 atom stereocenters. The van der Waals surface area contributed by atoms with Gasteiger partial charge in [0.1, 0.15) is 11.5 Å². The maximum absolute atomic E-state index is 12.3. The molecule has 1 aromatic rings. The summed E-state index contributed by atoms with van der Waals surface area (Å²) in [5, 5.41) is 8.63. The molecular formula is C13H18N2O4S. The summed E-state index contributed by atoms with van der Waals surface area (Å²) >= 11 is 0. The predicted octanol–water partition coefficient (Wildman–Crippen LogP) is 0.0824. The van der Waals surface area contributed by atoms with Crippen LogP contribution in [0.3, 0.4) is 0 Å². The SMILES string of the molecule is CCOCCN(C)S(=O)(=O)c1cncc(C#CCO)c1. The summed E-state index contributed by atoms with van der Waals surface area (Å²) < 4.78 is 30.9. The summed E-state index contributed by atoms with van der Waals surface area (Å²) in [6, 6.07) is 1.43. The Morgan fingerprint density at radius 2 is 2.20 bits per heavy atom. The van der Waals surface area contributed by atoms with E-state index in [1.54, 1.807) is 0 Å². The molecule has 0 radical (unpaired) electrons. The minimum atomic E-state index is -3.61. The Kier molecular flexibility index (Phi) is 6.61. The van der Waals surface area contributed by atoms with Crippen LogP contribution in [0, 0.1) is 11.8 Å². The standard InChI is InChI=1S/C13H18N2O4S/c1-3-19-8-6-15(2)20(17,18)13-9-12(5-4-7-16)10-14-11-13/h9-11,16H,3,6-8H2,1-2H3. The van der Waals surface area contributed by atoms with E-state index in [0.717, 1.165) is 0 Å². The van der Waals surface area contributed by atoms with Crippen molar-refractivity contribution < 1.29 is 18.3 Å². The van der Waals surface area contributed by atoms with Gasteiger partial charge in [0.15, 0.2) is 0 Å². The zero-order valence-corrected chi connectivity index (χ0v) is 12.4. The van der Waals surface area contributed by atoms with Crippen LogP contribution in [0.25, 0.3) is 0 Å². The number of hydrogen-bond donors (Lipinski definition) is 1. The van der Waals surface area contributed by atoms with Crippen molar-refractivity contribution in [2.24, 2.45) is 0 Å². The lowest BCUT2D eigenvalue weighted by Crippen LogP contribution is -2.30. The summed E-state index contributed by atoms with van der Waals surface area (Å²) in [5.41, 5.74) is 0.443. The fourth-order valence-corrected chi connectivity index (χ4v) is 2.55. The Labute approximate surface area is 119 Å². The van der Waals surface area contributed by atoms with Crippen molar-refractivity contribution in [1.29, 1.82) is 0 Å². The molecule has 0 spiro atoms. The van der Waals surface area contributed by atoms with Gasteiger partial charge in [-0.1, -0.05) is 11.8 Å². The molecule has 20 heavy (non-hydrogen) atoms. The van der Waals surface area contributed by atoms with Crippen LogP contribution in [0.15, 0.2) is 23.4 Å². The van der Waals surface area contributed by atoms with Crippen LogP contribution in [-0.4, -0.2) is 56.2 Å². The molecule has 6 nitrogen and oxygen atoms in total. The summed E-state index contributed by atoms with van der Waals surface area (Å²) in [6.45, 7) is 2.71. The molecule has 1 heterocycles. The van der Waals surface area contributed by atoms with Crippen LogP contribution in [0.2, 0.25) is 0 Å². The van der Waals surface area contributed by atoms with E-state index in [0.29, 0.717) is 18.8 Å². The Bertz CT molecular complexity index is 590. The molecule has 1 aromatic heterocycles. The van der Waals surface area contributed by atoms with Gasteiger partial charge in [-0.15, -0.1) is 0 Å². The second-order valence-corrected chi connectivity index (χ2v) is 5.94. The molecular weight excluding hydrogens is 280 g/mol. The van der Waals surface area contributed by atoms with Crippen LogP contribution in [0.1, 0.15) is 12.5 Å². The fraction of sp³-hybridized carbons (Fsp3) is 0.462. The van der Waals surface area contributed by atoms with Crippen LogP contribution in [-0.2, 0) is 14.8 Å². The first-order valence-corrected chi connectivity index (χ1v) is 7.55. The van der Waals surface area contributed by atoms with Crippen molar-refractivity contribution in [3.05, 3.63) is 24.0 Å².